The van der Waals surface area contributed by atoms with E-state index in [9.17, 15) is 24.9 Å². The van der Waals surface area contributed by atoms with Crippen LogP contribution in [-0.4, -0.2) is 46.1 Å². The molecule has 0 amide bonds. The summed E-state index contributed by atoms with van der Waals surface area (Å²) in [5.41, 5.74) is -1.78. The molecule has 7 rings (SSSR count). The summed E-state index contributed by atoms with van der Waals surface area (Å²) in [5.74, 6) is -1.72. The Kier molecular flexibility index (Phi) is 5.37. The Hall–Kier alpha value is -4.76. The SMILES string of the molecule is COC(=O)c1c(O)c2ccccc2c2oc([C@@]3(C)C[C@@H]4c5c(c(O)c6ccccc6c5O3)C(=O)O[C@H]4C(C)(C)O)cc12. The zero-order valence-corrected chi connectivity index (χ0v) is 23.3. The van der Waals surface area contributed by atoms with E-state index in [1.807, 2.05) is 13.0 Å². The largest absolute Gasteiger partial charge is 0.506 e. The number of cyclic esters (lactones) is 1. The fourth-order valence-electron chi connectivity index (χ4n) is 6.67. The number of furan rings is 1. The zero-order valence-electron chi connectivity index (χ0n) is 23.3. The Morgan fingerprint density at radius 2 is 1.60 bits per heavy atom. The predicted octanol–water partition coefficient (Wildman–Crippen LogP) is 6.03. The van der Waals surface area contributed by atoms with Gasteiger partial charge in [0.05, 0.1) is 12.7 Å². The highest BCUT2D eigenvalue weighted by molar-refractivity contribution is 6.18. The van der Waals surface area contributed by atoms with Gasteiger partial charge in [-0.25, -0.2) is 9.59 Å². The quantitative estimate of drug-likeness (QED) is 0.223. The first-order chi connectivity index (χ1) is 19.9. The number of carbonyl (C=O) groups excluding carboxylic acids is 2. The van der Waals surface area contributed by atoms with Crippen LogP contribution in [0.1, 0.15) is 65.1 Å². The van der Waals surface area contributed by atoms with Crippen LogP contribution in [0.15, 0.2) is 59.0 Å². The van der Waals surface area contributed by atoms with E-state index >= 15 is 0 Å². The number of benzene rings is 4. The van der Waals surface area contributed by atoms with E-state index in [-0.39, 0.29) is 29.0 Å². The molecule has 0 bridgehead atoms. The average Bonchev–Trinajstić information content (AvgIpc) is 3.42. The molecule has 2 aliphatic heterocycles. The monoisotopic (exact) mass is 568 g/mol. The molecular formula is C33H28O9. The number of aliphatic hydroxyl groups is 1. The molecular weight excluding hydrogens is 540 g/mol. The summed E-state index contributed by atoms with van der Waals surface area (Å²) in [6.45, 7) is 4.97. The van der Waals surface area contributed by atoms with Gasteiger partial charge in [0.15, 0.2) is 5.60 Å². The van der Waals surface area contributed by atoms with Crippen LogP contribution >= 0.6 is 0 Å². The van der Waals surface area contributed by atoms with Gasteiger partial charge < -0.3 is 33.9 Å². The van der Waals surface area contributed by atoms with Crippen molar-refractivity contribution in [2.75, 3.05) is 7.11 Å². The Morgan fingerprint density at radius 1 is 0.976 bits per heavy atom. The van der Waals surface area contributed by atoms with E-state index in [0.717, 1.165) is 0 Å². The van der Waals surface area contributed by atoms with Crippen molar-refractivity contribution in [3.8, 4) is 17.2 Å². The molecule has 0 spiro atoms. The lowest BCUT2D eigenvalue weighted by Gasteiger charge is -2.47. The number of fused-ring (bicyclic) bond motifs is 5. The number of methoxy groups -OCH3 is 1. The molecule has 4 aromatic carbocycles. The third kappa shape index (κ3) is 3.46. The van der Waals surface area contributed by atoms with E-state index in [1.165, 1.54) is 7.11 Å². The van der Waals surface area contributed by atoms with Gasteiger partial charge in [-0.05, 0) is 26.8 Å². The third-order valence-corrected chi connectivity index (χ3v) is 8.56. The van der Waals surface area contributed by atoms with Crippen molar-refractivity contribution in [1.29, 1.82) is 0 Å². The van der Waals surface area contributed by atoms with E-state index in [2.05, 4.69) is 0 Å². The van der Waals surface area contributed by atoms with Crippen LogP contribution < -0.4 is 4.74 Å². The second-order valence-corrected chi connectivity index (χ2v) is 11.7. The van der Waals surface area contributed by atoms with Gasteiger partial charge in [0, 0.05) is 44.8 Å². The maximum Gasteiger partial charge on any atom is 0.342 e. The zero-order chi connectivity index (χ0) is 29.7. The van der Waals surface area contributed by atoms with Crippen molar-refractivity contribution < 1.29 is 43.5 Å². The van der Waals surface area contributed by atoms with Crippen LogP contribution in [0.25, 0.3) is 32.5 Å². The minimum absolute atomic E-state index is 0.0183. The summed E-state index contributed by atoms with van der Waals surface area (Å²) in [6, 6.07) is 15.8. The number of rotatable bonds is 3. The smallest absolute Gasteiger partial charge is 0.342 e. The van der Waals surface area contributed by atoms with Crippen LogP contribution in [0, 0.1) is 0 Å². The van der Waals surface area contributed by atoms with E-state index in [1.54, 1.807) is 62.4 Å². The summed E-state index contributed by atoms with van der Waals surface area (Å²) in [5, 5.41) is 35.8. The Balaban J connectivity index is 1.52. The van der Waals surface area contributed by atoms with E-state index < -0.39 is 35.2 Å². The van der Waals surface area contributed by atoms with Crippen molar-refractivity contribution in [2.24, 2.45) is 0 Å². The lowest BCUT2D eigenvalue weighted by molar-refractivity contribution is -0.0979. The van der Waals surface area contributed by atoms with Crippen LogP contribution in [0.4, 0.5) is 0 Å². The van der Waals surface area contributed by atoms with E-state index in [0.29, 0.717) is 49.6 Å². The first kappa shape index (κ1) is 26.2. The third-order valence-electron chi connectivity index (χ3n) is 8.56. The average molecular weight is 569 g/mol. The molecule has 0 saturated carbocycles. The Labute approximate surface area is 239 Å². The lowest BCUT2D eigenvalue weighted by atomic mass is 9.71. The highest BCUT2D eigenvalue weighted by Gasteiger charge is 2.54. The van der Waals surface area contributed by atoms with Gasteiger partial charge in [0.1, 0.15) is 45.8 Å². The Bertz CT molecular complexity index is 1980. The summed E-state index contributed by atoms with van der Waals surface area (Å²) in [7, 11) is 1.24. The fourth-order valence-corrected chi connectivity index (χ4v) is 6.67. The number of hydrogen-bond donors (Lipinski definition) is 3. The minimum atomic E-state index is -1.43. The van der Waals surface area contributed by atoms with Crippen molar-refractivity contribution in [2.45, 2.75) is 50.4 Å². The minimum Gasteiger partial charge on any atom is -0.506 e. The van der Waals surface area contributed by atoms with Gasteiger partial charge >= 0.3 is 11.9 Å². The number of esters is 2. The molecule has 0 saturated heterocycles. The molecule has 42 heavy (non-hydrogen) atoms. The van der Waals surface area contributed by atoms with Crippen molar-refractivity contribution in [3.05, 3.63) is 77.0 Å². The summed E-state index contributed by atoms with van der Waals surface area (Å²) in [4.78, 5) is 26.1. The van der Waals surface area contributed by atoms with Crippen LogP contribution in [0.2, 0.25) is 0 Å². The highest BCUT2D eigenvalue weighted by Crippen LogP contribution is 2.57. The number of hydrogen-bond acceptors (Lipinski definition) is 9. The normalized spacial score (nSPS) is 21.7. The number of carbonyl (C=O) groups is 2. The van der Waals surface area contributed by atoms with Gasteiger partial charge in [-0.3, -0.25) is 0 Å². The van der Waals surface area contributed by atoms with Crippen LogP contribution in [-0.2, 0) is 15.1 Å². The molecule has 0 fully saturated rings. The fraction of sp³-hybridized carbons (Fsp3) is 0.273. The maximum atomic E-state index is 13.2. The van der Waals surface area contributed by atoms with Gasteiger partial charge in [0.2, 0.25) is 0 Å². The maximum absolute atomic E-state index is 13.2. The number of phenols is 2. The molecule has 0 aliphatic carbocycles. The molecule has 3 atom stereocenters. The molecule has 9 nitrogen and oxygen atoms in total. The summed E-state index contributed by atoms with van der Waals surface area (Å²) < 4.78 is 24.0. The van der Waals surface area contributed by atoms with Crippen LogP contribution in [0.3, 0.4) is 0 Å². The molecule has 9 heteroatoms. The molecule has 1 aromatic heterocycles. The lowest BCUT2D eigenvalue weighted by Crippen LogP contribution is -2.51. The van der Waals surface area contributed by atoms with Gasteiger partial charge in [-0.1, -0.05) is 48.5 Å². The molecule has 0 radical (unpaired) electrons. The molecule has 3 N–H and O–H groups in total. The summed E-state index contributed by atoms with van der Waals surface area (Å²) >= 11 is 0. The van der Waals surface area contributed by atoms with Gasteiger partial charge in [-0.2, -0.15) is 0 Å². The first-order valence-corrected chi connectivity index (χ1v) is 13.6. The molecule has 214 valence electrons. The van der Waals surface area contributed by atoms with Crippen molar-refractivity contribution in [1.82, 2.24) is 0 Å². The van der Waals surface area contributed by atoms with Gasteiger partial charge in [0.25, 0.3) is 0 Å². The topological polar surface area (TPSA) is 136 Å². The molecule has 2 aliphatic rings. The molecule has 5 aromatic rings. The first-order valence-electron chi connectivity index (χ1n) is 13.6. The predicted molar refractivity (Wildman–Crippen MR) is 153 cm³/mol. The highest BCUT2D eigenvalue weighted by atomic mass is 16.6. The number of ether oxygens (including phenoxy) is 3. The standard InChI is InChI=1S/C33H28O9/c1-32(2,38)29-20-14-33(3,42-28-18-12-8-6-10-16(18)26(35)24(22(20)28)31(37)41-29)21-13-19-23(30(36)39-4)25(34)15-9-5-7-11-17(15)27(19)40-21/h5-13,20,29,34-35,38H,14H2,1-4H3/t20-,29-,33-/m1/s1. The van der Waals surface area contributed by atoms with Crippen molar-refractivity contribution in [3.63, 3.8) is 0 Å². The van der Waals surface area contributed by atoms with Crippen molar-refractivity contribution >= 4 is 44.5 Å². The van der Waals surface area contributed by atoms with E-state index in [4.69, 9.17) is 18.6 Å². The second kappa shape index (κ2) is 8.62. The Morgan fingerprint density at radius 3 is 2.24 bits per heavy atom. The number of aromatic hydroxyl groups is 2. The van der Waals surface area contributed by atoms with Crippen LogP contribution in [0.5, 0.6) is 17.2 Å². The summed E-state index contributed by atoms with van der Waals surface area (Å²) in [6.07, 6.45) is -0.760. The second-order valence-electron chi connectivity index (χ2n) is 11.7. The molecule has 0 unspecified atom stereocenters. The molecule has 3 heterocycles. The number of phenolic OH excluding ortho intramolecular Hbond substituents is 2. The van der Waals surface area contributed by atoms with Gasteiger partial charge in [-0.15, -0.1) is 0 Å².